The summed E-state index contributed by atoms with van der Waals surface area (Å²) in [5.74, 6) is 1.86. The highest BCUT2D eigenvalue weighted by Gasteiger charge is 2.32. The maximum Gasteiger partial charge on any atom is 0.235 e. The van der Waals surface area contributed by atoms with Gasteiger partial charge in [-0.2, -0.15) is 5.10 Å². The molecule has 0 aliphatic carbocycles. The van der Waals surface area contributed by atoms with Crippen LogP contribution in [-0.2, 0) is 4.79 Å². The van der Waals surface area contributed by atoms with Gasteiger partial charge in [0.05, 0.1) is 29.5 Å². The fourth-order valence-electron chi connectivity index (χ4n) is 3.51. The number of ether oxygens (including phenoxy) is 1. The fraction of sp³-hybridized carbons (Fsp3) is 0.238. The minimum atomic E-state index is -0.0702. The Labute approximate surface area is 176 Å². The molecule has 1 atom stereocenters. The number of anilines is 1. The molecule has 1 N–H and O–H groups in total. The summed E-state index contributed by atoms with van der Waals surface area (Å²) < 4.78 is 8.44. The van der Waals surface area contributed by atoms with Gasteiger partial charge >= 0.3 is 0 Å². The van der Waals surface area contributed by atoms with Crippen molar-refractivity contribution in [1.29, 1.82) is 0 Å². The lowest BCUT2D eigenvalue weighted by molar-refractivity contribution is -0.113. The van der Waals surface area contributed by atoms with E-state index < -0.39 is 0 Å². The summed E-state index contributed by atoms with van der Waals surface area (Å²) in [6.45, 7) is 4.03. The first kappa shape index (κ1) is 19.1. The number of hydrogen-bond donors (Lipinski definition) is 1. The molecule has 2 aromatic carbocycles. The largest absolute Gasteiger partial charge is 0.496 e. The topological polar surface area (TPSA) is 56.1 Å². The van der Waals surface area contributed by atoms with Gasteiger partial charge in [0.15, 0.2) is 0 Å². The lowest BCUT2D eigenvalue weighted by Gasteiger charge is -2.19. The zero-order valence-electron chi connectivity index (χ0n) is 15.8. The number of methoxy groups -OCH3 is 1. The Hall–Kier alpha value is -2.25. The van der Waals surface area contributed by atoms with Crippen LogP contribution < -0.4 is 10.1 Å². The highest BCUT2D eigenvalue weighted by atomic mass is 79.9. The first-order valence-corrected chi connectivity index (χ1v) is 10.7. The van der Waals surface area contributed by atoms with E-state index in [9.17, 15) is 4.79 Å². The first-order chi connectivity index (χ1) is 13.5. The van der Waals surface area contributed by atoms with Crippen molar-refractivity contribution >= 4 is 39.4 Å². The van der Waals surface area contributed by atoms with Crippen molar-refractivity contribution in [2.24, 2.45) is 0 Å². The zero-order chi connectivity index (χ0) is 19.8. The van der Waals surface area contributed by atoms with Crippen LogP contribution in [-0.4, -0.2) is 28.6 Å². The second kappa shape index (κ2) is 7.64. The van der Waals surface area contributed by atoms with Gasteiger partial charge in [-0.25, -0.2) is 4.68 Å². The number of fused-ring (bicyclic) bond motifs is 1. The van der Waals surface area contributed by atoms with Crippen molar-refractivity contribution in [1.82, 2.24) is 9.78 Å². The van der Waals surface area contributed by atoms with Gasteiger partial charge in [0.2, 0.25) is 5.91 Å². The molecule has 28 heavy (non-hydrogen) atoms. The van der Waals surface area contributed by atoms with Crippen LogP contribution in [0, 0.1) is 13.8 Å². The molecule has 144 valence electrons. The van der Waals surface area contributed by atoms with Crippen molar-refractivity contribution < 1.29 is 9.53 Å². The van der Waals surface area contributed by atoms with Crippen molar-refractivity contribution in [3.8, 4) is 11.4 Å². The zero-order valence-corrected chi connectivity index (χ0v) is 18.2. The molecular formula is C21H20BrN3O2S. The standard InChI is InChI=1S/C21H20BrN3O2S/c1-12-6-4-5-7-16(12)25-21-19(13(2)24-25)20(28-11-18(26)23-21)15-10-14(22)8-9-17(15)27-3/h4-10,20H,11H2,1-3H3,(H,23,26)/t20-/m0/s1. The van der Waals surface area contributed by atoms with Crippen LogP contribution in [0.15, 0.2) is 46.9 Å². The number of rotatable bonds is 3. The second-order valence-electron chi connectivity index (χ2n) is 6.67. The first-order valence-electron chi connectivity index (χ1n) is 8.90. The van der Waals surface area contributed by atoms with Crippen LogP contribution in [0.5, 0.6) is 5.75 Å². The third-order valence-corrected chi connectivity index (χ3v) is 6.57. The Morgan fingerprint density at radius 2 is 2.04 bits per heavy atom. The molecule has 0 spiro atoms. The molecule has 1 aliphatic heterocycles. The summed E-state index contributed by atoms with van der Waals surface area (Å²) in [5, 5.41) is 7.80. The molecule has 0 saturated carbocycles. The van der Waals surface area contributed by atoms with Crippen molar-refractivity contribution in [3.05, 3.63) is 69.3 Å². The number of carbonyl (C=O) groups excluding carboxylic acids is 1. The van der Waals surface area contributed by atoms with E-state index in [4.69, 9.17) is 9.84 Å². The summed E-state index contributed by atoms with van der Waals surface area (Å²) in [7, 11) is 1.67. The van der Waals surface area contributed by atoms with Crippen molar-refractivity contribution in [2.45, 2.75) is 19.1 Å². The number of carbonyl (C=O) groups is 1. The summed E-state index contributed by atoms with van der Waals surface area (Å²) in [5.41, 5.74) is 4.97. The highest BCUT2D eigenvalue weighted by molar-refractivity contribution is 9.10. The normalized spacial score (nSPS) is 16.3. The number of para-hydroxylation sites is 1. The van der Waals surface area contributed by atoms with Crippen LogP contribution >= 0.6 is 27.7 Å². The van der Waals surface area contributed by atoms with Crippen molar-refractivity contribution in [2.75, 3.05) is 18.2 Å². The van der Waals surface area contributed by atoms with Crippen molar-refractivity contribution in [3.63, 3.8) is 0 Å². The monoisotopic (exact) mass is 457 g/mol. The predicted octanol–water partition coefficient (Wildman–Crippen LogP) is 5.03. The number of aryl methyl sites for hydroxylation is 2. The molecular weight excluding hydrogens is 438 g/mol. The molecule has 7 heteroatoms. The Kier molecular flexibility index (Phi) is 5.21. The van der Waals surface area contributed by atoms with E-state index in [0.717, 1.165) is 44.1 Å². The highest BCUT2D eigenvalue weighted by Crippen LogP contribution is 2.47. The molecule has 0 bridgehead atoms. The summed E-state index contributed by atoms with van der Waals surface area (Å²) in [6.07, 6.45) is 0. The van der Waals surface area contributed by atoms with Gasteiger partial charge < -0.3 is 10.1 Å². The number of thioether (sulfide) groups is 1. The Bertz CT molecular complexity index is 1060. The minimum Gasteiger partial charge on any atom is -0.496 e. The maximum absolute atomic E-state index is 12.5. The molecule has 3 aromatic rings. The van der Waals surface area contributed by atoms with E-state index in [2.05, 4.69) is 27.3 Å². The average molecular weight is 458 g/mol. The number of nitrogens with one attached hydrogen (secondary N) is 1. The number of amides is 1. The van der Waals surface area contributed by atoms with Gasteiger partial charge in [-0.3, -0.25) is 4.79 Å². The fourth-order valence-corrected chi connectivity index (χ4v) is 5.10. The Balaban J connectivity index is 1.95. The summed E-state index contributed by atoms with van der Waals surface area (Å²) in [4.78, 5) is 12.5. The van der Waals surface area contributed by atoms with Crippen LogP contribution in [0.4, 0.5) is 5.82 Å². The molecule has 0 unspecified atom stereocenters. The molecule has 1 aliphatic rings. The van der Waals surface area contributed by atoms with E-state index in [1.807, 2.05) is 54.9 Å². The number of nitrogens with zero attached hydrogens (tertiary/aromatic N) is 2. The van der Waals surface area contributed by atoms with E-state index in [-0.39, 0.29) is 11.2 Å². The quantitative estimate of drug-likeness (QED) is 0.598. The molecule has 0 radical (unpaired) electrons. The molecule has 5 nitrogen and oxygen atoms in total. The van der Waals surface area contributed by atoms with Crippen LogP contribution in [0.2, 0.25) is 0 Å². The number of aromatic nitrogens is 2. The van der Waals surface area contributed by atoms with E-state index >= 15 is 0 Å². The van der Waals surface area contributed by atoms with Gasteiger partial charge in [-0.15, -0.1) is 11.8 Å². The Morgan fingerprint density at radius 3 is 2.79 bits per heavy atom. The smallest absolute Gasteiger partial charge is 0.235 e. The molecule has 4 rings (SSSR count). The lowest BCUT2D eigenvalue weighted by atomic mass is 10.0. The average Bonchev–Trinajstić information content (AvgIpc) is 2.88. The van der Waals surface area contributed by atoms with E-state index in [0.29, 0.717) is 5.75 Å². The molecule has 1 aromatic heterocycles. The van der Waals surface area contributed by atoms with Gasteiger partial charge in [-0.05, 0) is 43.7 Å². The maximum atomic E-state index is 12.5. The summed E-state index contributed by atoms with van der Waals surface area (Å²) >= 11 is 5.15. The SMILES string of the molecule is COc1ccc(Br)cc1[C@@H]1SCC(=O)Nc2c1c(C)nn2-c1ccccc1C. The Morgan fingerprint density at radius 1 is 1.25 bits per heavy atom. The minimum absolute atomic E-state index is 0.0301. The molecule has 1 amide bonds. The third kappa shape index (κ3) is 3.33. The van der Waals surface area contributed by atoms with E-state index in [1.54, 1.807) is 18.9 Å². The van der Waals surface area contributed by atoms with Gasteiger partial charge in [-0.1, -0.05) is 34.1 Å². The summed E-state index contributed by atoms with van der Waals surface area (Å²) in [6, 6.07) is 14.0. The van der Waals surface area contributed by atoms with E-state index in [1.165, 1.54) is 0 Å². The van der Waals surface area contributed by atoms with Crippen LogP contribution in [0.1, 0.15) is 27.6 Å². The number of halogens is 1. The number of hydrogen-bond acceptors (Lipinski definition) is 4. The molecule has 0 saturated heterocycles. The van der Waals surface area contributed by atoms with Crippen LogP contribution in [0.3, 0.4) is 0 Å². The molecule has 0 fully saturated rings. The number of benzene rings is 2. The van der Waals surface area contributed by atoms with Gasteiger partial charge in [0.1, 0.15) is 11.6 Å². The second-order valence-corrected chi connectivity index (χ2v) is 8.68. The lowest BCUT2D eigenvalue weighted by Crippen LogP contribution is -2.16. The third-order valence-electron chi connectivity index (χ3n) is 4.83. The predicted molar refractivity (Wildman–Crippen MR) is 117 cm³/mol. The van der Waals surface area contributed by atoms with Gasteiger partial charge in [0, 0.05) is 15.6 Å². The van der Waals surface area contributed by atoms with Crippen LogP contribution in [0.25, 0.3) is 5.69 Å². The molecule has 2 heterocycles. The van der Waals surface area contributed by atoms with Gasteiger partial charge in [0.25, 0.3) is 0 Å².